The van der Waals surface area contributed by atoms with Crippen LogP contribution in [-0.4, -0.2) is 33.6 Å². The van der Waals surface area contributed by atoms with Crippen molar-refractivity contribution in [3.05, 3.63) is 56.0 Å². The number of esters is 1. The summed E-state index contributed by atoms with van der Waals surface area (Å²) in [6.07, 6.45) is -2.53. The molecule has 0 unspecified atom stereocenters. The van der Waals surface area contributed by atoms with Gasteiger partial charge in [0.1, 0.15) is 10.0 Å². The number of carbonyl (C=O) groups is 2. The zero-order valence-corrected chi connectivity index (χ0v) is 23.8. The van der Waals surface area contributed by atoms with Gasteiger partial charge in [0, 0.05) is 4.88 Å². The lowest BCUT2D eigenvalue weighted by molar-refractivity contribution is -0.142. The minimum absolute atomic E-state index is 0.0610. The largest absolute Gasteiger partial charge is 0.465 e. The van der Waals surface area contributed by atoms with Crippen LogP contribution in [0.15, 0.2) is 23.6 Å². The van der Waals surface area contributed by atoms with Crippen molar-refractivity contribution < 1.29 is 27.5 Å². The van der Waals surface area contributed by atoms with E-state index in [4.69, 9.17) is 16.3 Å². The Bertz CT molecular complexity index is 1590. The Morgan fingerprint density at radius 2 is 2.00 bits per heavy atom. The number of hydrogen-bond acceptors (Lipinski definition) is 7. The molecule has 0 saturated heterocycles. The maximum absolute atomic E-state index is 14.0. The van der Waals surface area contributed by atoms with Gasteiger partial charge in [-0.3, -0.25) is 4.79 Å². The number of nitrogens with one attached hydrogen (secondary N) is 1. The number of amides is 1. The van der Waals surface area contributed by atoms with Crippen LogP contribution in [0.4, 0.5) is 18.2 Å². The molecule has 0 radical (unpaired) electrons. The van der Waals surface area contributed by atoms with Gasteiger partial charge in [0.25, 0.3) is 5.91 Å². The zero-order valence-electron chi connectivity index (χ0n) is 21.4. The zero-order chi connectivity index (χ0) is 28.3. The molecule has 206 valence electrons. The van der Waals surface area contributed by atoms with Gasteiger partial charge in [0.05, 0.1) is 23.2 Å². The van der Waals surface area contributed by atoms with Crippen LogP contribution < -0.4 is 5.32 Å². The van der Waals surface area contributed by atoms with Crippen LogP contribution in [0.5, 0.6) is 0 Å². The van der Waals surface area contributed by atoms with Crippen LogP contribution in [0.3, 0.4) is 0 Å². The van der Waals surface area contributed by atoms with Crippen molar-refractivity contribution in [2.45, 2.75) is 46.2 Å². The molecule has 0 aliphatic heterocycles. The number of aromatic nitrogens is 3. The molecule has 1 amide bonds. The minimum atomic E-state index is -4.79. The summed E-state index contributed by atoms with van der Waals surface area (Å²) in [5.74, 6) is -1.07. The van der Waals surface area contributed by atoms with E-state index in [-0.39, 0.29) is 32.3 Å². The fourth-order valence-electron chi connectivity index (χ4n) is 4.78. The third-order valence-electron chi connectivity index (χ3n) is 6.92. The number of halogens is 4. The Labute approximate surface area is 235 Å². The molecule has 4 heterocycles. The van der Waals surface area contributed by atoms with Crippen LogP contribution in [-0.2, 0) is 23.8 Å². The summed E-state index contributed by atoms with van der Waals surface area (Å²) in [7, 11) is 1.26. The molecule has 0 saturated carbocycles. The summed E-state index contributed by atoms with van der Waals surface area (Å²) < 4.78 is 47.5. The maximum atomic E-state index is 14.0. The molecule has 4 aromatic rings. The summed E-state index contributed by atoms with van der Waals surface area (Å²) in [6.45, 7) is 6.50. The van der Waals surface area contributed by atoms with Crippen molar-refractivity contribution in [2.24, 2.45) is 11.3 Å². The second-order valence-corrected chi connectivity index (χ2v) is 12.8. The average Bonchev–Trinajstić information content (AvgIpc) is 3.59. The lowest BCUT2D eigenvalue weighted by atomic mass is 9.72. The van der Waals surface area contributed by atoms with Crippen LogP contribution >= 0.6 is 34.3 Å². The Morgan fingerprint density at radius 3 is 2.62 bits per heavy atom. The number of thiophene rings is 2. The van der Waals surface area contributed by atoms with Crippen molar-refractivity contribution in [1.29, 1.82) is 0 Å². The molecule has 13 heteroatoms. The van der Waals surface area contributed by atoms with Crippen molar-refractivity contribution in [2.75, 3.05) is 12.4 Å². The van der Waals surface area contributed by atoms with E-state index < -0.39 is 29.4 Å². The highest BCUT2D eigenvalue weighted by Crippen LogP contribution is 2.45. The molecule has 39 heavy (non-hydrogen) atoms. The van der Waals surface area contributed by atoms with E-state index in [1.165, 1.54) is 29.8 Å². The Balaban J connectivity index is 1.56. The minimum Gasteiger partial charge on any atom is -0.465 e. The van der Waals surface area contributed by atoms with Gasteiger partial charge in [-0.15, -0.1) is 22.7 Å². The van der Waals surface area contributed by atoms with Gasteiger partial charge in [-0.05, 0) is 53.7 Å². The summed E-state index contributed by atoms with van der Waals surface area (Å²) >= 11 is 8.90. The average molecular weight is 597 g/mol. The second-order valence-electron chi connectivity index (χ2n) is 10.4. The van der Waals surface area contributed by atoms with E-state index in [1.54, 1.807) is 17.5 Å². The second kappa shape index (κ2) is 9.90. The quantitative estimate of drug-likeness (QED) is 0.248. The molecule has 1 aliphatic rings. The predicted molar refractivity (Wildman–Crippen MR) is 145 cm³/mol. The topological polar surface area (TPSA) is 85.6 Å². The number of alkyl halides is 3. The molecule has 1 atom stereocenters. The molecule has 1 aliphatic carbocycles. The monoisotopic (exact) mass is 596 g/mol. The van der Waals surface area contributed by atoms with Crippen LogP contribution in [0.25, 0.3) is 16.2 Å². The molecular weight excluding hydrogens is 573 g/mol. The summed E-state index contributed by atoms with van der Waals surface area (Å²) in [5, 5.41) is 8.21. The number of carbonyl (C=O) groups excluding carboxylic acids is 2. The highest BCUT2D eigenvalue weighted by Gasteiger charge is 2.38. The Hall–Kier alpha value is -2.96. The van der Waals surface area contributed by atoms with Gasteiger partial charge < -0.3 is 10.1 Å². The van der Waals surface area contributed by atoms with E-state index in [0.717, 1.165) is 29.3 Å². The van der Waals surface area contributed by atoms with Gasteiger partial charge in [-0.25, -0.2) is 14.3 Å². The SMILES string of the molecule is COC(=O)c1c(NC(=O)c2nn3c(C(F)(F)F)cc(-c4cccs4)nc3c2Cl)sc2c1CC[C@@H](C(C)(C)C)C2. The molecular formula is C26H24ClF3N4O3S2. The van der Waals surface area contributed by atoms with Crippen LogP contribution in [0.2, 0.25) is 5.02 Å². The first-order chi connectivity index (χ1) is 18.3. The van der Waals surface area contributed by atoms with Gasteiger partial charge in [-0.2, -0.15) is 18.3 Å². The van der Waals surface area contributed by atoms with E-state index in [9.17, 15) is 22.8 Å². The Morgan fingerprint density at radius 1 is 1.26 bits per heavy atom. The standard InChI is InChI=1S/C26H24ClF3N4O3S2/c1-25(2,3)12-7-8-13-16(10-12)39-23(18(13)24(36)37-4)32-22(35)20-19(27)21-31-14(15-6-5-9-38-15)11-17(26(28,29)30)34(21)33-20/h5-6,9,11-12H,7-8,10H2,1-4H3,(H,32,35)/t12-/m1/s1. The van der Waals surface area contributed by atoms with Gasteiger partial charge in [0.2, 0.25) is 0 Å². The lowest BCUT2D eigenvalue weighted by Crippen LogP contribution is -2.26. The van der Waals surface area contributed by atoms with E-state index in [0.29, 0.717) is 21.7 Å². The number of ether oxygens (including phenoxy) is 1. The number of rotatable bonds is 4. The first kappa shape index (κ1) is 27.6. The van der Waals surface area contributed by atoms with Gasteiger partial charge >= 0.3 is 12.1 Å². The third-order valence-corrected chi connectivity index (χ3v) is 9.33. The highest BCUT2D eigenvalue weighted by molar-refractivity contribution is 7.17. The van der Waals surface area contributed by atoms with E-state index >= 15 is 0 Å². The van der Waals surface area contributed by atoms with Crippen LogP contribution in [0, 0.1) is 11.3 Å². The number of anilines is 1. The van der Waals surface area contributed by atoms with Gasteiger partial charge in [0.15, 0.2) is 17.0 Å². The predicted octanol–water partition coefficient (Wildman–Crippen LogP) is 7.38. The fraction of sp³-hybridized carbons (Fsp3) is 0.385. The number of hydrogen-bond donors (Lipinski definition) is 1. The highest BCUT2D eigenvalue weighted by atomic mass is 35.5. The molecule has 7 nitrogen and oxygen atoms in total. The summed E-state index contributed by atoms with van der Waals surface area (Å²) in [4.78, 5) is 31.8. The lowest BCUT2D eigenvalue weighted by Gasteiger charge is -2.33. The summed E-state index contributed by atoms with van der Waals surface area (Å²) in [5.41, 5.74) is -0.652. The summed E-state index contributed by atoms with van der Waals surface area (Å²) in [6, 6.07) is 4.20. The van der Waals surface area contributed by atoms with Crippen molar-refractivity contribution >= 4 is 56.8 Å². The molecule has 0 bridgehead atoms. The molecule has 4 aromatic heterocycles. The smallest absolute Gasteiger partial charge is 0.433 e. The molecule has 5 rings (SSSR count). The Kier molecular flexibility index (Phi) is 7.01. The normalized spacial score (nSPS) is 15.8. The molecule has 0 fully saturated rings. The van der Waals surface area contributed by atoms with Crippen molar-refractivity contribution in [3.8, 4) is 10.6 Å². The van der Waals surface area contributed by atoms with E-state index in [2.05, 4.69) is 36.2 Å². The first-order valence-corrected chi connectivity index (χ1v) is 14.1. The number of methoxy groups -OCH3 is 1. The fourth-order valence-corrected chi connectivity index (χ4v) is 7.03. The third kappa shape index (κ3) is 5.05. The van der Waals surface area contributed by atoms with Crippen molar-refractivity contribution in [1.82, 2.24) is 14.6 Å². The number of nitrogens with zero attached hydrogens (tertiary/aromatic N) is 3. The number of fused-ring (bicyclic) bond motifs is 2. The van der Waals surface area contributed by atoms with Crippen LogP contribution in [0.1, 0.15) is 64.2 Å². The molecule has 0 spiro atoms. The molecule has 1 N–H and O–H groups in total. The first-order valence-electron chi connectivity index (χ1n) is 12.0. The molecule has 0 aromatic carbocycles. The maximum Gasteiger partial charge on any atom is 0.433 e. The van der Waals surface area contributed by atoms with E-state index in [1.807, 2.05) is 0 Å². The van der Waals surface area contributed by atoms with Crippen molar-refractivity contribution in [3.63, 3.8) is 0 Å². The van der Waals surface area contributed by atoms with Gasteiger partial charge in [-0.1, -0.05) is 38.4 Å².